The first kappa shape index (κ1) is 18.7. The maximum atomic E-state index is 6.35. The monoisotopic (exact) mass is 399 g/mol. The van der Waals surface area contributed by atoms with Gasteiger partial charge in [-0.3, -0.25) is 0 Å². The third-order valence-electron chi connectivity index (χ3n) is 5.10. The molecule has 1 unspecified atom stereocenters. The number of hydrogen-bond acceptors (Lipinski definition) is 5. The van der Waals surface area contributed by atoms with E-state index >= 15 is 0 Å². The molecule has 4 nitrogen and oxygen atoms in total. The summed E-state index contributed by atoms with van der Waals surface area (Å²) in [5.74, 6) is 2.41. The minimum absolute atomic E-state index is 0.663. The summed E-state index contributed by atoms with van der Waals surface area (Å²) in [5, 5.41) is 1.94. The van der Waals surface area contributed by atoms with Crippen LogP contribution in [-0.2, 0) is 19.5 Å². The number of nitrogens with one attached hydrogen (secondary N) is 1. The highest BCUT2D eigenvalue weighted by Gasteiger charge is 2.26. The summed E-state index contributed by atoms with van der Waals surface area (Å²) in [6.45, 7) is 7.76. The van der Waals surface area contributed by atoms with E-state index in [1.165, 1.54) is 22.4 Å². The molecule has 1 aromatic carbocycles. The lowest BCUT2D eigenvalue weighted by Gasteiger charge is -2.24. The van der Waals surface area contributed by atoms with Gasteiger partial charge < -0.3 is 10.6 Å². The zero-order chi connectivity index (χ0) is 18.8. The Morgan fingerprint density at radius 3 is 2.81 bits per heavy atom. The van der Waals surface area contributed by atoms with Gasteiger partial charge >= 0.3 is 0 Å². The fraction of sp³-hybridized carbons (Fsp3) is 0.429. The summed E-state index contributed by atoms with van der Waals surface area (Å²) in [7, 11) is 0. The number of nitrogens with two attached hydrogens (primary N) is 1. The lowest BCUT2D eigenvalue weighted by Crippen LogP contribution is -3.10. The van der Waals surface area contributed by atoms with Crippen LogP contribution in [-0.4, -0.2) is 22.3 Å². The van der Waals surface area contributed by atoms with Gasteiger partial charge in [0.05, 0.1) is 16.8 Å². The minimum atomic E-state index is 0.663. The van der Waals surface area contributed by atoms with Crippen molar-refractivity contribution in [3.63, 3.8) is 0 Å². The maximum Gasteiger partial charge on any atom is 0.190 e. The Balaban J connectivity index is 1.53. The number of hydrogen-bond donors (Lipinski definition) is 2. The van der Waals surface area contributed by atoms with Gasteiger partial charge in [0.2, 0.25) is 0 Å². The normalized spacial score (nSPS) is 16.8. The van der Waals surface area contributed by atoms with Crippen LogP contribution in [0.3, 0.4) is 0 Å². The Kier molecular flexibility index (Phi) is 5.66. The molecule has 0 saturated heterocycles. The average molecular weight is 400 g/mol. The smallest absolute Gasteiger partial charge is 0.190 e. The van der Waals surface area contributed by atoms with E-state index in [1.54, 1.807) is 16.7 Å². The van der Waals surface area contributed by atoms with Crippen molar-refractivity contribution in [1.82, 2.24) is 9.97 Å². The first-order valence-corrected chi connectivity index (χ1v) is 11.5. The SMILES string of the molecule is CC(C)CCSc1nc(N)c2c3c(sc2n1)C[NH+](Cc1ccccc1)CC3. The minimum Gasteiger partial charge on any atom is -0.383 e. The molecule has 0 fully saturated rings. The highest BCUT2D eigenvalue weighted by molar-refractivity contribution is 7.99. The van der Waals surface area contributed by atoms with Gasteiger partial charge in [-0.15, -0.1) is 11.3 Å². The number of anilines is 1. The largest absolute Gasteiger partial charge is 0.383 e. The summed E-state index contributed by atoms with van der Waals surface area (Å²) in [6, 6.07) is 10.8. The number of rotatable bonds is 6. The van der Waals surface area contributed by atoms with Crippen LogP contribution in [0.5, 0.6) is 0 Å². The summed E-state index contributed by atoms with van der Waals surface area (Å²) >= 11 is 3.54. The van der Waals surface area contributed by atoms with Gasteiger partial charge in [0, 0.05) is 17.7 Å². The second kappa shape index (κ2) is 8.17. The molecular formula is C21H27N4S2+. The number of aromatic nitrogens is 2. The fourth-order valence-corrected chi connectivity index (χ4v) is 6.07. The quantitative estimate of drug-likeness (QED) is 0.492. The highest BCUT2D eigenvalue weighted by Crippen LogP contribution is 2.35. The summed E-state index contributed by atoms with van der Waals surface area (Å²) in [4.78, 5) is 13.5. The predicted octanol–water partition coefficient (Wildman–Crippen LogP) is 3.55. The lowest BCUT2D eigenvalue weighted by atomic mass is 10.0. The number of quaternary nitrogens is 1. The summed E-state index contributed by atoms with van der Waals surface area (Å²) < 4.78 is 0. The molecule has 4 rings (SSSR count). The Morgan fingerprint density at radius 2 is 2.04 bits per heavy atom. The second-order valence-electron chi connectivity index (χ2n) is 7.70. The molecule has 3 heterocycles. The number of benzene rings is 1. The van der Waals surface area contributed by atoms with Crippen molar-refractivity contribution in [2.24, 2.45) is 5.92 Å². The zero-order valence-electron chi connectivity index (χ0n) is 16.0. The summed E-state index contributed by atoms with van der Waals surface area (Å²) in [5.41, 5.74) is 9.15. The van der Waals surface area contributed by atoms with Crippen molar-refractivity contribution in [3.05, 3.63) is 46.3 Å². The van der Waals surface area contributed by atoms with Gasteiger partial charge in [0.15, 0.2) is 5.16 Å². The Labute approximate surface area is 169 Å². The van der Waals surface area contributed by atoms with Crippen LogP contribution < -0.4 is 10.6 Å². The third-order valence-corrected chi connectivity index (χ3v) is 7.11. The van der Waals surface area contributed by atoms with Crippen molar-refractivity contribution in [3.8, 4) is 0 Å². The van der Waals surface area contributed by atoms with E-state index in [-0.39, 0.29) is 0 Å². The average Bonchev–Trinajstić information content (AvgIpc) is 3.00. The standard InChI is InChI=1S/C21H26N4S2/c1-14(2)9-11-26-21-23-19(22)18-16-8-10-25(12-15-6-4-3-5-7-15)13-17(16)27-20(18)24-21/h3-7,14H,8-13H2,1-2H3,(H2,22,23,24)/p+1. The van der Waals surface area contributed by atoms with E-state index in [9.17, 15) is 0 Å². The van der Waals surface area contributed by atoms with Crippen LogP contribution in [0.25, 0.3) is 10.2 Å². The fourth-order valence-electron chi connectivity index (χ4n) is 3.62. The molecule has 0 saturated carbocycles. The van der Waals surface area contributed by atoms with Crippen LogP contribution in [0.1, 0.15) is 36.3 Å². The van der Waals surface area contributed by atoms with Gasteiger partial charge in [0.25, 0.3) is 0 Å². The molecule has 2 aromatic heterocycles. The van der Waals surface area contributed by atoms with Crippen molar-refractivity contribution >= 4 is 39.1 Å². The molecule has 0 radical (unpaired) electrons. The molecule has 27 heavy (non-hydrogen) atoms. The lowest BCUT2D eigenvalue weighted by molar-refractivity contribution is -0.929. The first-order valence-electron chi connectivity index (χ1n) is 9.68. The number of nitrogens with zero attached hydrogens (tertiary/aromatic N) is 2. The van der Waals surface area contributed by atoms with E-state index in [0.717, 1.165) is 47.2 Å². The molecule has 3 N–H and O–H groups in total. The highest BCUT2D eigenvalue weighted by atomic mass is 32.2. The van der Waals surface area contributed by atoms with Crippen LogP contribution in [0, 0.1) is 5.92 Å². The molecular weight excluding hydrogens is 372 g/mol. The van der Waals surface area contributed by atoms with Crippen molar-refractivity contribution in [2.75, 3.05) is 18.0 Å². The topological polar surface area (TPSA) is 56.2 Å². The van der Waals surface area contributed by atoms with E-state index in [1.807, 2.05) is 11.3 Å². The predicted molar refractivity (Wildman–Crippen MR) is 115 cm³/mol. The van der Waals surface area contributed by atoms with Gasteiger partial charge in [0.1, 0.15) is 23.7 Å². The molecule has 0 spiro atoms. The molecule has 0 bridgehead atoms. The molecule has 1 atom stereocenters. The number of nitrogen functional groups attached to an aromatic ring is 1. The number of thioether (sulfide) groups is 1. The Morgan fingerprint density at radius 1 is 1.22 bits per heavy atom. The van der Waals surface area contributed by atoms with Gasteiger partial charge in [-0.05, 0) is 17.9 Å². The molecule has 0 aliphatic carbocycles. The second-order valence-corrected chi connectivity index (χ2v) is 9.84. The van der Waals surface area contributed by atoms with Crippen molar-refractivity contribution < 1.29 is 4.90 Å². The van der Waals surface area contributed by atoms with Crippen LogP contribution in [0.2, 0.25) is 0 Å². The van der Waals surface area contributed by atoms with E-state index in [2.05, 4.69) is 49.2 Å². The number of thiophene rings is 1. The third kappa shape index (κ3) is 4.28. The van der Waals surface area contributed by atoms with Crippen molar-refractivity contribution in [1.29, 1.82) is 0 Å². The molecule has 1 aliphatic rings. The molecule has 1 aliphatic heterocycles. The molecule has 0 amide bonds. The first-order chi connectivity index (χ1) is 13.1. The van der Waals surface area contributed by atoms with Gasteiger partial charge in [-0.25, -0.2) is 9.97 Å². The van der Waals surface area contributed by atoms with Crippen molar-refractivity contribution in [2.45, 2.75) is 44.9 Å². The van der Waals surface area contributed by atoms with E-state index in [4.69, 9.17) is 10.7 Å². The molecule has 3 aromatic rings. The van der Waals surface area contributed by atoms with E-state index < -0.39 is 0 Å². The zero-order valence-corrected chi connectivity index (χ0v) is 17.6. The molecule has 142 valence electrons. The maximum absolute atomic E-state index is 6.35. The van der Waals surface area contributed by atoms with Crippen LogP contribution in [0.4, 0.5) is 5.82 Å². The number of fused-ring (bicyclic) bond motifs is 3. The Hall–Kier alpha value is -1.63. The van der Waals surface area contributed by atoms with Gasteiger partial charge in [-0.1, -0.05) is 55.9 Å². The van der Waals surface area contributed by atoms with Crippen LogP contribution >= 0.6 is 23.1 Å². The Bertz CT molecular complexity index is 921. The van der Waals surface area contributed by atoms with Crippen LogP contribution in [0.15, 0.2) is 35.5 Å². The van der Waals surface area contributed by atoms with Gasteiger partial charge in [-0.2, -0.15) is 0 Å². The molecule has 6 heteroatoms. The van der Waals surface area contributed by atoms with E-state index in [0.29, 0.717) is 11.7 Å². The summed E-state index contributed by atoms with van der Waals surface area (Å²) in [6.07, 6.45) is 2.23.